The Kier molecular flexibility index (Phi) is 8.19. The number of unbranched alkanes of at least 4 members (excludes halogenated alkanes) is 2. The summed E-state index contributed by atoms with van der Waals surface area (Å²) in [6, 6.07) is 13.5. The van der Waals surface area contributed by atoms with Gasteiger partial charge in [-0.2, -0.15) is 0 Å². The van der Waals surface area contributed by atoms with Crippen LogP contribution in [0.1, 0.15) is 36.8 Å². The molecule has 0 spiro atoms. The largest absolute Gasteiger partial charge is 0.494 e. The highest BCUT2D eigenvalue weighted by atomic mass is 35.5. The van der Waals surface area contributed by atoms with E-state index in [1.807, 2.05) is 12.1 Å². The normalized spacial score (nSPS) is 16.4. The van der Waals surface area contributed by atoms with Gasteiger partial charge < -0.3 is 9.64 Å². The average Bonchev–Trinajstić information content (AvgIpc) is 3.19. The lowest BCUT2D eigenvalue weighted by Crippen LogP contribution is -2.46. The summed E-state index contributed by atoms with van der Waals surface area (Å²) in [6.45, 7) is 6.19. The van der Waals surface area contributed by atoms with Crippen molar-refractivity contribution in [3.05, 3.63) is 59.4 Å². The number of ether oxygens (including phenoxy) is 1. The van der Waals surface area contributed by atoms with E-state index < -0.39 is 0 Å². The highest BCUT2D eigenvalue weighted by Crippen LogP contribution is 2.26. The van der Waals surface area contributed by atoms with Crippen LogP contribution < -0.4 is 9.64 Å². The van der Waals surface area contributed by atoms with Crippen LogP contribution in [0.2, 0.25) is 0 Å². The van der Waals surface area contributed by atoms with Crippen LogP contribution in [0.25, 0.3) is 0 Å². The number of nitrogens with zero attached hydrogens (tertiary/aromatic N) is 2. The molecule has 1 heterocycles. The topological polar surface area (TPSA) is 15.7 Å². The standard InChI is InChI=1S/C24H31FN2O.ClH/c25-22-8-10-23(11-9-22)27-16-14-26(15-17-27)13-2-1-3-18-28-24-12-7-20-5-4-6-21(20)19-24;/h7-12,19H,1-6,13-18H2;1H. The monoisotopic (exact) mass is 418 g/mol. The maximum absolute atomic E-state index is 13.1. The van der Waals surface area contributed by atoms with Gasteiger partial charge in [0, 0.05) is 31.9 Å². The van der Waals surface area contributed by atoms with Gasteiger partial charge in [-0.25, -0.2) is 4.39 Å². The maximum atomic E-state index is 13.1. The number of hydrogen-bond acceptors (Lipinski definition) is 3. The molecule has 0 saturated carbocycles. The minimum Gasteiger partial charge on any atom is -0.494 e. The Balaban J connectivity index is 0.00000240. The third-order valence-electron chi connectivity index (χ3n) is 6.02. The first kappa shape index (κ1) is 21.9. The van der Waals surface area contributed by atoms with Gasteiger partial charge in [0.1, 0.15) is 11.6 Å². The highest BCUT2D eigenvalue weighted by molar-refractivity contribution is 5.85. The number of benzene rings is 2. The van der Waals surface area contributed by atoms with Gasteiger partial charge in [0.15, 0.2) is 0 Å². The first-order chi connectivity index (χ1) is 13.8. The molecule has 29 heavy (non-hydrogen) atoms. The van der Waals surface area contributed by atoms with Crippen molar-refractivity contribution in [1.82, 2.24) is 4.90 Å². The molecule has 1 aliphatic carbocycles. The Hall–Kier alpha value is -1.78. The van der Waals surface area contributed by atoms with Gasteiger partial charge in [-0.15, -0.1) is 12.4 Å². The maximum Gasteiger partial charge on any atom is 0.123 e. The third kappa shape index (κ3) is 6.10. The summed E-state index contributed by atoms with van der Waals surface area (Å²) >= 11 is 0. The van der Waals surface area contributed by atoms with Crippen LogP contribution in [-0.2, 0) is 12.8 Å². The first-order valence-corrected chi connectivity index (χ1v) is 10.8. The second kappa shape index (κ2) is 10.8. The van der Waals surface area contributed by atoms with Crippen molar-refractivity contribution in [3.8, 4) is 5.75 Å². The van der Waals surface area contributed by atoms with Crippen LogP contribution in [0.5, 0.6) is 5.75 Å². The van der Waals surface area contributed by atoms with E-state index in [1.54, 1.807) is 12.1 Å². The van der Waals surface area contributed by atoms with Crippen molar-refractivity contribution in [2.75, 3.05) is 44.2 Å². The molecule has 2 aromatic rings. The molecule has 2 aromatic carbocycles. The summed E-state index contributed by atoms with van der Waals surface area (Å²) in [4.78, 5) is 4.89. The molecule has 0 atom stereocenters. The minimum atomic E-state index is -0.164. The van der Waals surface area contributed by atoms with Crippen molar-refractivity contribution in [1.29, 1.82) is 0 Å². The lowest BCUT2D eigenvalue weighted by atomic mass is 10.1. The molecule has 0 N–H and O–H groups in total. The Morgan fingerprint density at radius 1 is 0.828 bits per heavy atom. The lowest BCUT2D eigenvalue weighted by Gasteiger charge is -2.36. The molecular weight excluding hydrogens is 387 g/mol. The molecule has 1 saturated heterocycles. The van der Waals surface area contributed by atoms with Crippen molar-refractivity contribution in [2.24, 2.45) is 0 Å². The molecule has 2 aliphatic rings. The number of fused-ring (bicyclic) bond motifs is 1. The molecule has 1 fully saturated rings. The quantitative estimate of drug-likeness (QED) is 0.554. The zero-order valence-corrected chi connectivity index (χ0v) is 17.9. The minimum absolute atomic E-state index is 0. The van der Waals surface area contributed by atoms with E-state index in [1.165, 1.54) is 43.2 Å². The van der Waals surface area contributed by atoms with Crippen LogP contribution in [0.3, 0.4) is 0 Å². The smallest absolute Gasteiger partial charge is 0.123 e. The van der Waals surface area contributed by atoms with Gasteiger partial charge in [0.2, 0.25) is 0 Å². The zero-order chi connectivity index (χ0) is 19.2. The fraction of sp³-hybridized carbons (Fsp3) is 0.500. The number of rotatable bonds is 8. The fourth-order valence-electron chi connectivity index (χ4n) is 4.32. The summed E-state index contributed by atoms with van der Waals surface area (Å²) in [5.74, 6) is 0.875. The zero-order valence-electron chi connectivity index (χ0n) is 17.1. The summed E-state index contributed by atoms with van der Waals surface area (Å²) in [7, 11) is 0. The van der Waals surface area contributed by atoms with Crippen LogP contribution in [0, 0.1) is 5.82 Å². The second-order valence-corrected chi connectivity index (χ2v) is 8.00. The Bertz CT molecular complexity index is 760. The molecule has 0 unspecified atom stereocenters. The van der Waals surface area contributed by atoms with Gasteiger partial charge >= 0.3 is 0 Å². The second-order valence-electron chi connectivity index (χ2n) is 8.00. The van der Waals surface area contributed by atoms with Crippen molar-refractivity contribution in [2.45, 2.75) is 38.5 Å². The Morgan fingerprint density at radius 3 is 2.38 bits per heavy atom. The van der Waals surface area contributed by atoms with Crippen molar-refractivity contribution >= 4 is 18.1 Å². The molecule has 5 heteroatoms. The van der Waals surface area contributed by atoms with E-state index in [-0.39, 0.29) is 18.2 Å². The third-order valence-corrected chi connectivity index (χ3v) is 6.02. The summed E-state index contributed by atoms with van der Waals surface area (Å²) < 4.78 is 19.0. The van der Waals surface area contributed by atoms with E-state index in [4.69, 9.17) is 4.74 Å². The van der Waals surface area contributed by atoms with Gasteiger partial charge in [-0.05, 0) is 92.6 Å². The molecular formula is C24H32ClFN2O. The average molecular weight is 419 g/mol. The van der Waals surface area contributed by atoms with Crippen molar-refractivity contribution in [3.63, 3.8) is 0 Å². The van der Waals surface area contributed by atoms with Gasteiger partial charge in [0.25, 0.3) is 0 Å². The Labute approximate surface area is 180 Å². The van der Waals surface area contributed by atoms with E-state index in [9.17, 15) is 4.39 Å². The fourth-order valence-corrected chi connectivity index (χ4v) is 4.32. The SMILES string of the molecule is Cl.Fc1ccc(N2CCN(CCCCCOc3ccc4c(c3)CCC4)CC2)cc1. The van der Waals surface area contributed by atoms with Crippen LogP contribution in [-0.4, -0.2) is 44.2 Å². The molecule has 1 aliphatic heterocycles. The Morgan fingerprint density at radius 2 is 1.59 bits per heavy atom. The number of anilines is 1. The first-order valence-electron chi connectivity index (χ1n) is 10.8. The number of aryl methyl sites for hydroxylation is 2. The van der Waals surface area contributed by atoms with E-state index >= 15 is 0 Å². The summed E-state index contributed by atoms with van der Waals surface area (Å²) in [5, 5.41) is 0. The van der Waals surface area contributed by atoms with Crippen LogP contribution in [0.4, 0.5) is 10.1 Å². The summed E-state index contributed by atoms with van der Waals surface area (Å²) in [5.41, 5.74) is 4.12. The van der Waals surface area contributed by atoms with Crippen LogP contribution >= 0.6 is 12.4 Å². The molecule has 0 aromatic heterocycles. The molecule has 0 radical (unpaired) electrons. The van der Waals surface area contributed by atoms with Gasteiger partial charge in [-0.1, -0.05) is 6.07 Å². The molecule has 0 bridgehead atoms. The van der Waals surface area contributed by atoms with Gasteiger partial charge in [-0.3, -0.25) is 4.90 Å². The van der Waals surface area contributed by atoms with Crippen molar-refractivity contribution < 1.29 is 9.13 Å². The number of hydrogen-bond donors (Lipinski definition) is 0. The van der Waals surface area contributed by atoms with E-state index in [0.717, 1.165) is 57.2 Å². The predicted molar refractivity (Wildman–Crippen MR) is 120 cm³/mol. The van der Waals surface area contributed by atoms with E-state index in [0.29, 0.717) is 0 Å². The molecule has 3 nitrogen and oxygen atoms in total. The lowest BCUT2D eigenvalue weighted by molar-refractivity contribution is 0.246. The van der Waals surface area contributed by atoms with E-state index in [2.05, 4.69) is 28.0 Å². The number of piperazine rings is 1. The molecule has 0 amide bonds. The van der Waals surface area contributed by atoms with Gasteiger partial charge in [0.05, 0.1) is 6.61 Å². The molecule has 4 rings (SSSR count). The molecule has 158 valence electrons. The van der Waals surface area contributed by atoms with Crippen LogP contribution in [0.15, 0.2) is 42.5 Å². The highest BCUT2D eigenvalue weighted by Gasteiger charge is 2.16. The summed E-state index contributed by atoms with van der Waals surface area (Å²) in [6.07, 6.45) is 7.28. The number of halogens is 2. The predicted octanol–water partition coefficient (Wildman–Crippen LogP) is 5.11.